The summed E-state index contributed by atoms with van der Waals surface area (Å²) >= 11 is 1.69. The minimum Gasteiger partial charge on any atom is -0.339 e. The molecule has 0 saturated carbocycles. The Morgan fingerprint density at radius 1 is 1.22 bits per heavy atom. The van der Waals surface area contributed by atoms with Gasteiger partial charge in [0.2, 0.25) is 0 Å². The Bertz CT molecular complexity index is 578. The van der Waals surface area contributed by atoms with E-state index in [-0.39, 0.29) is 5.91 Å². The lowest BCUT2D eigenvalue weighted by molar-refractivity contribution is 0.0655. The van der Waals surface area contributed by atoms with Gasteiger partial charge in [0.25, 0.3) is 5.91 Å². The Morgan fingerprint density at radius 3 is 2.61 bits per heavy atom. The van der Waals surface area contributed by atoms with Crippen molar-refractivity contribution in [2.75, 3.05) is 33.2 Å². The minimum atomic E-state index is 0.161. The second-order valence-electron chi connectivity index (χ2n) is 4.85. The summed E-state index contributed by atoms with van der Waals surface area (Å²) in [4.78, 5) is 16.7. The molecule has 5 heteroatoms. The molecule has 0 bridgehead atoms. The molecular weight excluding hydrogens is 246 g/mol. The van der Waals surface area contributed by atoms with E-state index in [1.54, 1.807) is 11.3 Å². The molecule has 1 fully saturated rings. The molecule has 0 spiro atoms. The van der Waals surface area contributed by atoms with Gasteiger partial charge in [-0.2, -0.15) is 0 Å². The van der Waals surface area contributed by atoms with Crippen molar-refractivity contribution in [2.45, 2.75) is 0 Å². The van der Waals surface area contributed by atoms with Crippen LogP contribution in [0, 0.1) is 0 Å². The first-order chi connectivity index (χ1) is 8.66. The van der Waals surface area contributed by atoms with E-state index in [4.69, 9.17) is 0 Å². The Kier molecular flexibility index (Phi) is 2.87. The fraction of sp³-hybridized carbons (Fsp3) is 0.462. The van der Waals surface area contributed by atoms with Crippen LogP contribution < -0.4 is 0 Å². The average Bonchev–Trinajstić information content (AvgIpc) is 2.93. The number of nitrogens with zero attached hydrogens (tertiary/aromatic N) is 3. The van der Waals surface area contributed by atoms with Crippen molar-refractivity contribution < 1.29 is 4.79 Å². The summed E-state index contributed by atoms with van der Waals surface area (Å²) in [5, 5.41) is 2.06. The van der Waals surface area contributed by atoms with Gasteiger partial charge >= 0.3 is 0 Å². The average molecular weight is 263 g/mol. The molecule has 3 rings (SSSR count). The number of aryl methyl sites for hydroxylation is 1. The molecule has 1 saturated heterocycles. The molecule has 0 atom stereocenters. The van der Waals surface area contributed by atoms with Gasteiger partial charge in [0.05, 0.1) is 10.2 Å². The lowest BCUT2D eigenvalue weighted by Gasteiger charge is -2.32. The zero-order chi connectivity index (χ0) is 12.7. The minimum absolute atomic E-state index is 0.161. The Hall–Kier alpha value is -1.33. The summed E-state index contributed by atoms with van der Waals surface area (Å²) in [5.74, 6) is 0.161. The van der Waals surface area contributed by atoms with E-state index in [0.717, 1.165) is 37.4 Å². The van der Waals surface area contributed by atoms with E-state index in [1.807, 2.05) is 22.6 Å². The zero-order valence-corrected chi connectivity index (χ0v) is 11.5. The monoisotopic (exact) mass is 263 g/mol. The van der Waals surface area contributed by atoms with Crippen LogP contribution in [0.1, 0.15) is 10.5 Å². The number of thiophene rings is 1. The summed E-state index contributed by atoms with van der Waals surface area (Å²) in [5.41, 5.74) is 1.96. The predicted octanol–water partition coefficient (Wildman–Crippen LogP) is 1.63. The van der Waals surface area contributed by atoms with Gasteiger partial charge in [0, 0.05) is 33.2 Å². The highest BCUT2D eigenvalue weighted by Gasteiger charge is 2.23. The maximum atomic E-state index is 12.5. The number of piperazine rings is 1. The number of aromatic nitrogens is 1. The van der Waals surface area contributed by atoms with Crippen LogP contribution in [-0.4, -0.2) is 53.5 Å². The van der Waals surface area contributed by atoms with Crippen molar-refractivity contribution in [3.05, 3.63) is 23.2 Å². The number of hydrogen-bond donors (Lipinski definition) is 0. The van der Waals surface area contributed by atoms with Crippen molar-refractivity contribution in [1.82, 2.24) is 14.4 Å². The van der Waals surface area contributed by atoms with Gasteiger partial charge in [-0.15, -0.1) is 11.3 Å². The molecule has 0 aliphatic carbocycles. The van der Waals surface area contributed by atoms with Gasteiger partial charge in [0.15, 0.2) is 0 Å². The largest absolute Gasteiger partial charge is 0.339 e. The fourth-order valence-electron chi connectivity index (χ4n) is 2.43. The van der Waals surface area contributed by atoms with Crippen LogP contribution >= 0.6 is 11.3 Å². The van der Waals surface area contributed by atoms with E-state index < -0.39 is 0 Å². The van der Waals surface area contributed by atoms with Crippen molar-refractivity contribution in [3.63, 3.8) is 0 Å². The van der Waals surface area contributed by atoms with E-state index >= 15 is 0 Å². The third-order valence-electron chi connectivity index (χ3n) is 3.67. The molecule has 0 radical (unpaired) electrons. The first kappa shape index (κ1) is 11.7. The number of likely N-dealkylation sites (N-methyl/N-ethyl adjacent to an activating group) is 1. The van der Waals surface area contributed by atoms with Gasteiger partial charge in [-0.1, -0.05) is 0 Å². The highest BCUT2D eigenvalue weighted by atomic mass is 32.1. The Balaban J connectivity index is 1.87. The van der Waals surface area contributed by atoms with Gasteiger partial charge in [-0.3, -0.25) is 4.79 Å². The van der Waals surface area contributed by atoms with Gasteiger partial charge in [-0.05, 0) is 24.6 Å². The molecule has 4 nitrogen and oxygen atoms in total. The molecule has 2 aromatic rings. The van der Waals surface area contributed by atoms with E-state index in [0.29, 0.717) is 0 Å². The van der Waals surface area contributed by atoms with E-state index in [1.165, 1.54) is 4.70 Å². The number of amides is 1. The number of hydrogen-bond acceptors (Lipinski definition) is 3. The summed E-state index contributed by atoms with van der Waals surface area (Å²) in [6, 6.07) is 4.08. The highest BCUT2D eigenvalue weighted by molar-refractivity contribution is 7.17. The van der Waals surface area contributed by atoms with E-state index in [2.05, 4.69) is 23.4 Å². The van der Waals surface area contributed by atoms with Crippen LogP contribution in [0.15, 0.2) is 17.5 Å². The summed E-state index contributed by atoms with van der Waals surface area (Å²) in [6.45, 7) is 3.58. The lowest BCUT2D eigenvalue weighted by atomic mass is 10.3. The third-order valence-corrected chi connectivity index (χ3v) is 4.53. The van der Waals surface area contributed by atoms with Gasteiger partial charge < -0.3 is 14.4 Å². The van der Waals surface area contributed by atoms with Gasteiger partial charge in [0.1, 0.15) is 5.69 Å². The lowest BCUT2D eigenvalue weighted by Crippen LogP contribution is -2.47. The summed E-state index contributed by atoms with van der Waals surface area (Å²) < 4.78 is 3.20. The SMILES string of the molecule is CN1CCN(C(=O)c2cc3sccc3n2C)CC1. The molecule has 0 aromatic carbocycles. The number of fused-ring (bicyclic) bond motifs is 1. The van der Waals surface area contributed by atoms with Crippen molar-refractivity contribution in [1.29, 1.82) is 0 Å². The molecule has 3 heterocycles. The van der Waals surface area contributed by atoms with Crippen LogP contribution in [0.2, 0.25) is 0 Å². The maximum Gasteiger partial charge on any atom is 0.270 e. The molecule has 96 valence electrons. The smallest absolute Gasteiger partial charge is 0.270 e. The summed E-state index contributed by atoms with van der Waals surface area (Å²) in [7, 11) is 4.07. The molecule has 2 aromatic heterocycles. The first-order valence-corrected chi connectivity index (χ1v) is 7.05. The number of rotatable bonds is 1. The van der Waals surface area contributed by atoms with Crippen LogP contribution in [-0.2, 0) is 7.05 Å². The van der Waals surface area contributed by atoms with Crippen LogP contribution in [0.4, 0.5) is 0 Å². The topological polar surface area (TPSA) is 28.5 Å². The number of carbonyl (C=O) groups excluding carboxylic acids is 1. The highest BCUT2D eigenvalue weighted by Crippen LogP contribution is 2.25. The Morgan fingerprint density at radius 2 is 1.94 bits per heavy atom. The van der Waals surface area contributed by atoms with Crippen molar-refractivity contribution in [2.24, 2.45) is 7.05 Å². The molecule has 18 heavy (non-hydrogen) atoms. The molecule has 1 aliphatic rings. The van der Waals surface area contributed by atoms with Crippen molar-refractivity contribution in [3.8, 4) is 0 Å². The molecular formula is C13H17N3OS. The van der Waals surface area contributed by atoms with Gasteiger partial charge in [-0.25, -0.2) is 0 Å². The van der Waals surface area contributed by atoms with Crippen LogP contribution in [0.3, 0.4) is 0 Å². The molecule has 0 N–H and O–H groups in total. The van der Waals surface area contributed by atoms with Crippen LogP contribution in [0.25, 0.3) is 10.2 Å². The Labute approximate surface area is 110 Å². The zero-order valence-electron chi connectivity index (χ0n) is 10.7. The first-order valence-electron chi connectivity index (χ1n) is 6.17. The third kappa shape index (κ3) is 1.83. The second-order valence-corrected chi connectivity index (χ2v) is 5.80. The molecule has 0 unspecified atom stereocenters. The maximum absolute atomic E-state index is 12.5. The molecule has 1 amide bonds. The standard InChI is InChI=1S/C13H17N3OS/c1-14-4-6-16(7-5-14)13(17)11-9-12-10(15(11)2)3-8-18-12/h3,8-9H,4-7H2,1-2H3. The molecule has 1 aliphatic heterocycles. The number of carbonyl (C=O) groups is 1. The fourth-order valence-corrected chi connectivity index (χ4v) is 3.28. The van der Waals surface area contributed by atoms with E-state index in [9.17, 15) is 4.79 Å². The normalized spacial score (nSPS) is 17.6. The quantitative estimate of drug-likeness (QED) is 0.782. The summed E-state index contributed by atoms with van der Waals surface area (Å²) in [6.07, 6.45) is 0. The predicted molar refractivity (Wildman–Crippen MR) is 74.2 cm³/mol. The van der Waals surface area contributed by atoms with Crippen LogP contribution in [0.5, 0.6) is 0 Å². The van der Waals surface area contributed by atoms with Crippen molar-refractivity contribution >= 4 is 27.5 Å². The second kappa shape index (κ2) is 4.40.